The quantitative estimate of drug-likeness (QED) is 0.482. The van der Waals surface area contributed by atoms with E-state index in [1.165, 1.54) is 37.9 Å². The molecule has 2 aromatic heterocycles. The molecule has 27 heavy (non-hydrogen) atoms. The van der Waals surface area contributed by atoms with Gasteiger partial charge in [0.1, 0.15) is 6.33 Å². The Balaban J connectivity index is 1.64. The number of fused-ring (bicyclic) bond motifs is 2. The Hall–Kier alpha value is -2.56. The van der Waals surface area contributed by atoms with Crippen molar-refractivity contribution in [3.63, 3.8) is 0 Å². The van der Waals surface area contributed by atoms with Crippen LogP contribution in [0.1, 0.15) is 28.2 Å². The summed E-state index contributed by atoms with van der Waals surface area (Å²) in [4.78, 5) is 10.8. The lowest BCUT2D eigenvalue weighted by atomic mass is 9.81. The van der Waals surface area contributed by atoms with Crippen LogP contribution in [0.4, 0.5) is 0 Å². The van der Waals surface area contributed by atoms with Gasteiger partial charge in [0, 0.05) is 41.7 Å². The molecular formula is C23H21N3S. The van der Waals surface area contributed by atoms with Crippen LogP contribution in [0.5, 0.6) is 0 Å². The molecule has 0 radical (unpaired) electrons. The molecule has 0 bridgehead atoms. The Morgan fingerprint density at radius 1 is 1.07 bits per heavy atom. The summed E-state index contributed by atoms with van der Waals surface area (Å²) in [5.74, 6) is 0.407. The molecule has 0 saturated heterocycles. The Bertz CT molecular complexity index is 1120. The molecule has 0 amide bonds. The van der Waals surface area contributed by atoms with Crippen molar-refractivity contribution >= 4 is 21.4 Å². The van der Waals surface area contributed by atoms with E-state index in [1.54, 1.807) is 6.33 Å². The number of likely N-dealkylation sites (N-methyl/N-ethyl adjacent to an activating group) is 1. The third-order valence-corrected chi connectivity index (χ3v) is 6.57. The molecule has 2 aromatic carbocycles. The fourth-order valence-corrected chi connectivity index (χ4v) is 5.12. The van der Waals surface area contributed by atoms with E-state index in [1.807, 2.05) is 23.7 Å². The van der Waals surface area contributed by atoms with E-state index in [9.17, 15) is 0 Å². The van der Waals surface area contributed by atoms with Gasteiger partial charge in [-0.25, -0.2) is 9.97 Å². The molecule has 1 unspecified atom stereocenters. The number of hydrogen-bond donors (Lipinski definition) is 0. The molecule has 0 spiro atoms. The topological polar surface area (TPSA) is 29.0 Å². The first-order chi connectivity index (χ1) is 13.2. The Labute approximate surface area is 163 Å². The second-order valence-corrected chi connectivity index (χ2v) is 8.35. The van der Waals surface area contributed by atoms with Crippen molar-refractivity contribution in [1.29, 1.82) is 0 Å². The van der Waals surface area contributed by atoms with Crippen molar-refractivity contribution < 1.29 is 0 Å². The van der Waals surface area contributed by atoms with Crippen LogP contribution < -0.4 is 0 Å². The van der Waals surface area contributed by atoms with Crippen LogP contribution in [0.2, 0.25) is 0 Å². The first kappa shape index (κ1) is 16.6. The third-order valence-electron chi connectivity index (χ3n) is 5.69. The molecule has 1 aliphatic heterocycles. The number of hydrogen-bond acceptors (Lipinski definition) is 4. The molecule has 0 saturated carbocycles. The molecule has 1 aliphatic rings. The zero-order valence-electron chi connectivity index (χ0n) is 15.5. The molecule has 1 atom stereocenters. The minimum Gasteiger partial charge on any atom is -0.301 e. The summed E-state index contributed by atoms with van der Waals surface area (Å²) < 4.78 is 1.37. The number of rotatable bonds is 2. The zero-order chi connectivity index (χ0) is 18.4. The Morgan fingerprint density at radius 3 is 2.78 bits per heavy atom. The Kier molecular flexibility index (Phi) is 4.03. The normalized spacial score (nSPS) is 17.2. The molecule has 0 aliphatic carbocycles. The first-order valence-corrected chi connectivity index (χ1v) is 10.1. The van der Waals surface area contributed by atoms with E-state index in [4.69, 9.17) is 0 Å². The van der Waals surface area contributed by atoms with Gasteiger partial charge in [0.25, 0.3) is 0 Å². The van der Waals surface area contributed by atoms with E-state index >= 15 is 0 Å². The van der Waals surface area contributed by atoms with Gasteiger partial charge in [-0.2, -0.15) is 0 Å². The summed E-state index contributed by atoms with van der Waals surface area (Å²) in [6.07, 6.45) is 5.38. The van der Waals surface area contributed by atoms with E-state index < -0.39 is 0 Å². The molecule has 5 rings (SSSR count). The van der Waals surface area contributed by atoms with Crippen LogP contribution in [0, 0.1) is 6.92 Å². The lowest BCUT2D eigenvalue weighted by molar-refractivity contribution is 0.294. The highest BCUT2D eigenvalue weighted by atomic mass is 32.1. The van der Waals surface area contributed by atoms with Crippen molar-refractivity contribution in [2.75, 3.05) is 13.6 Å². The van der Waals surface area contributed by atoms with E-state index in [0.717, 1.165) is 18.7 Å². The largest absolute Gasteiger partial charge is 0.301 e. The summed E-state index contributed by atoms with van der Waals surface area (Å²) in [5, 5.41) is 3.51. The smallest absolute Gasteiger partial charge is 0.115 e. The van der Waals surface area contributed by atoms with Gasteiger partial charge < -0.3 is 4.90 Å². The monoisotopic (exact) mass is 371 g/mol. The standard InChI is InChI=1S/C23H21N3S/c1-15-19(18-10-24-14-25-11-18)5-6-20-21(15)12-26(2)13-22(20)17-4-3-16-7-8-27-23(16)9-17/h3-11,14,22H,12-13H2,1-2H3. The second kappa shape index (κ2) is 6.55. The Morgan fingerprint density at radius 2 is 1.93 bits per heavy atom. The van der Waals surface area contributed by atoms with Gasteiger partial charge in [0.15, 0.2) is 0 Å². The van der Waals surface area contributed by atoms with Gasteiger partial charge in [-0.3, -0.25) is 0 Å². The molecule has 134 valence electrons. The van der Waals surface area contributed by atoms with Crippen LogP contribution in [0.25, 0.3) is 21.2 Å². The average Bonchev–Trinajstić information content (AvgIpc) is 3.17. The lowest BCUT2D eigenvalue weighted by Gasteiger charge is -2.34. The third kappa shape index (κ3) is 2.85. The molecule has 0 N–H and O–H groups in total. The van der Waals surface area contributed by atoms with Gasteiger partial charge in [0.2, 0.25) is 0 Å². The van der Waals surface area contributed by atoms with Crippen LogP contribution in [0.3, 0.4) is 0 Å². The second-order valence-electron chi connectivity index (χ2n) is 7.40. The van der Waals surface area contributed by atoms with Crippen LogP contribution >= 0.6 is 11.3 Å². The molecule has 0 fully saturated rings. The number of aromatic nitrogens is 2. The van der Waals surface area contributed by atoms with E-state index in [-0.39, 0.29) is 0 Å². The van der Waals surface area contributed by atoms with Crippen molar-refractivity contribution in [3.8, 4) is 11.1 Å². The minimum absolute atomic E-state index is 0.407. The van der Waals surface area contributed by atoms with Crippen molar-refractivity contribution in [3.05, 3.63) is 82.8 Å². The summed E-state index contributed by atoms with van der Waals surface area (Å²) in [7, 11) is 2.22. The molecule has 3 nitrogen and oxygen atoms in total. The molecule has 4 heteroatoms. The maximum absolute atomic E-state index is 4.20. The summed E-state index contributed by atoms with van der Waals surface area (Å²) in [6.45, 7) is 4.28. The molecule has 3 heterocycles. The highest BCUT2D eigenvalue weighted by Crippen LogP contribution is 2.39. The van der Waals surface area contributed by atoms with Gasteiger partial charge in [-0.1, -0.05) is 24.3 Å². The molecular weight excluding hydrogens is 350 g/mol. The fraction of sp³-hybridized carbons (Fsp3) is 0.217. The number of thiophene rings is 1. The van der Waals surface area contributed by atoms with E-state index in [0.29, 0.717) is 5.92 Å². The fourth-order valence-electron chi connectivity index (χ4n) is 4.28. The van der Waals surface area contributed by atoms with Gasteiger partial charge >= 0.3 is 0 Å². The van der Waals surface area contributed by atoms with Crippen molar-refractivity contribution in [2.24, 2.45) is 0 Å². The summed E-state index contributed by atoms with van der Waals surface area (Å²) >= 11 is 1.82. The number of benzene rings is 2. The predicted octanol–water partition coefficient (Wildman–Crippen LogP) is 5.24. The van der Waals surface area contributed by atoms with Gasteiger partial charge in [0.05, 0.1) is 0 Å². The van der Waals surface area contributed by atoms with Gasteiger partial charge in [-0.05, 0) is 64.7 Å². The summed E-state index contributed by atoms with van der Waals surface area (Å²) in [6, 6.07) is 13.7. The summed E-state index contributed by atoms with van der Waals surface area (Å²) in [5.41, 5.74) is 7.98. The maximum atomic E-state index is 4.20. The van der Waals surface area contributed by atoms with Crippen LogP contribution in [-0.4, -0.2) is 28.5 Å². The van der Waals surface area contributed by atoms with Crippen molar-refractivity contribution in [1.82, 2.24) is 14.9 Å². The number of nitrogens with zero attached hydrogens (tertiary/aromatic N) is 3. The average molecular weight is 372 g/mol. The van der Waals surface area contributed by atoms with Crippen molar-refractivity contribution in [2.45, 2.75) is 19.4 Å². The van der Waals surface area contributed by atoms with Crippen LogP contribution in [0.15, 0.2) is 60.5 Å². The molecule has 4 aromatic rings. The van der Waals surface area contributed by atoms with E-state index in [2.05, 4.69) is 70.6 Å². The zero-order valence-corrected chi connectivity index (χ0v) is 16.3. The van der Waals surface area contributed by atoms with Gasteiger partial charge in [-0.15, -0.1) is 11.3 Å². The SMILES string of the molecule is Cc1c(-c2cncnc2)ccc2c1CN(C)CC2c1ccc2ccsc2c1. The highest BCUT2D eigenvalue weighted by Gasteiger charge is 2.27. The predicted molar refractivity (Wildman–Crippen MR) is 112 cm³/mol. The minimum atomic E-state index is 0.407. The first-order valence-electron chi connectivity index (χ1n) is 9.24. The lowest BCUT2D eigenvalue weighted by Crippen LogP contribution is -2.31. The highest BCUT2D eigenvalue weighted by molar-refractivity contribution is 7.17. The maximum Gasteiger partial charge on any atom is 0.115 e. The van der Waals surface area contributed by atoms with Crippen LogP contribution in [-0.2, 0) is 6.54 Å².